The number of nitrogens with zero attached hydrogens (tertiary/aromatic N) is 1. The minimum Gasteiger partial charge on any atom is -0.373 e. The average Bonchev–Trinajstić information content (AvgIpc) is 3.33. The Balaban J connectivity index is 1.54. The molecule has 0 spiro atoms. The molecule has 2 bridgehead atoms. The van der Waals surface area contributed by atoms with Gasteiger partial charge in [0, 0.05) is 17.7 Å². The highest BCUT2D eigenvalue weighted by Crippen LogP contribution is 2.43. The van der Waals surface area contributed by atoms with E-state index in [9.17, 15) is 0 Å². The molecule has 1 aliphatic heterocycles. The van der Waals surface area contributed by atoms with E-state index in [1.807, 2.05) is 12.2 Å². The number of piperidine rings is 1. The summed E-state index contributed by atoms with van der Waals surface area (Å²) in [5.74, 6) is 1.31. The Kier molecular flexibility index (Phi) is 6.20. The average molecular weight is 401 g/mol. The molecule has 0 aromatic carbocycles. The summed E-state index contributed by atoms with van der Waals surface area (Å²) in [5, 5.41) is 9.00. The second-order valence-electron chi connectivity index (χ2n) is 9.33. The van der Waals surface area contributed by atoms with Crippen molar-refractivity contribution in [1.82, 2.24) is 4.81 Å². The first-order valence-corrected chi connectivity index (χ1v) is 11.5. The molecule has 2 saturated carbocycles. The zero-order chi connectivity index (χ0) is 19.8. The van der Waals surface area contributed by atoms with Crippen LogP contribution in [0.4, 0.5) is 0 Å². The Bertz CT molecular complexity index is 709. The molecule has 1 N–H and O–H groups in total. The Labute approximate surface area is 176 Å². The van der Waals surface area contributed by atoms with Crippen molar-refractivity contribution in [3.05, 3.63) is 34.9 Å². The van der Waals surface area contributed by atoms with Crippen molar-refractivity contribution in [3.8, 4) is 0 Å². The molecule has 3 nitrogen and oxygen atoms in total. The number of ether oxygens (including phenoxy) is 1. The Morgan fingerprint density at radius 3 is 2.71 bits per heavy atom. The lowest BCUT2D eigenvalue weighted by molar-refractivity contribution is 0.0255. The molecule has 0 aromatic heterocycles. The summed E-state index contributed by atoms with van der Waals surface area (Å²) in [7, 11) is 2.24. The van der Waals surface area contributed by atoms with Crippen molar-refractivity contribution in [2.75, 3.05) is 13.2 Å². The second-order valence-corrected chi connectivity index (χ2v) is 9.84. The van der Waals surface area contributed by atoms with E-state index in [2.05, 4.69) is 32.7 Å². The molecule has 0 aromatic rings. The normalized spacial score (nSPS) is 35.8. The van der Waals surface area contributed by atoms with Crippen LogP contribution in [0.25, 0.3) is 0 Å². The molecular weight excluding hydrogens is 367 g/mol. The number of alkyl halides is 1. The standard InChI is InChI=1S/C23H34BClN2O/c1-3-5-18(15-8-9-15)19(23(26)22-14(2)6-4-7-20(22)25)13-28-21-11-17-10-16(21)12-27(17)24/h4,6-7,15-17,20-22,26H,3,5,8-13,24H2,1-2H3/b19-18-,26-23?. The topological polar surface area (TPSA) is 36.3 Å². The lowest BCUT2D eigenvalue weighted by Gasteiger charge is -2.31. The molecule has 3 aliphatic carbocycles. The van der Waals surface area contributed by atoms with Crippen LogP contribution < -0.4 is 0 Å². The van der Waals surface area contributed by atoms with Gasteiger partial charge in [0.15, 0.2) is 7.98 Å². The van der Waals surface area contributed by atoms with Crippen LogP contribution in [0, 0.1) is 23.2 Å². The quantitative estimate of drug-likeness (QED) is 0.375. The molecule has 5 atom stereocenters. The van der Waals surface area contributed by atoms with Gasteiger partial charge < -0.3 is 15.0 Å². The van der Waals surface area contributed by atoms with Crippen molar-refractivity contribution in [2.24, 2.45) is 17.8 Å². The van der Waals surface area contributed by atoms with Crippen molar-refractivity contribution in [2.45, 2.75) is 69.9 Å². The van der Waals surface area contributed by atoms with Gasteiger partial charge in [-0.15, -0.1) is 11.6 Å². The number of allylic oxidation sites excluding steroid dienone is 5. The van der Waals surface area contributed by atoms with Crippen LogP contribution in [0.3, 0.4) is 0 Å². The minimum atomic E-state index is -0.134. The van der Waals surface area contributed by atoms with Gasteiger partial charge in [-0.3, -0.25) is 0 Å². The van der Waals surface area contributed by atoms with Gasteiger partial charge in [-0.05, 0) is 63.0 Å². The fourth-order valence-electron chi connectivity index (χ4n) is 5.52. The van der Waals surface area contributed by atoms with E-state index >= 15 is 0 Å². The number of nitrogens with one attached hydrogen (secondary N) is 1. The molecule has 4 aliphatic rings. The summed E-state index contributed by atoms with van der Waals surface area (Å²) in [4.78, 5) is 2.48. The van der Waals surface area contributed by atoms with Gasteiger partial charge in [0.25, 0.3) is 0 Å². The lowest BCUT2D eigenvalue weighted by atomic mass is 9.82. The maximum Gasteiger partial charge on any atom is 0.185 e. The van der Waals surface area contributed by atoms with Gasteiger partial charge in [0.2, 0.25) is 0 Å². The van der Waals surface area contributed by atoms with Gasteiger partial charge in [0.1, 0.15) is 0 Å². The summed E-state index contributed by atoms with van der Waals surface area (Å²) >= 11 is 6.65. The molecule has 5 unspecified atom stereocenters. The van der Waals surface area contributed by atoms with Crippen LogP contribution in [0.1, 0.15) is 52.4 Å². The van der Waals surface area contributed by atoms with Gasteiger partial charge >= 0.3 is 0 Å². The van der Waals surface area contributed by atoms with Crippen molar-refractivity contribution in [1.29, 1.82) is 5.41 Å². The third-order valence-corrected chi connectivity index (χ3v) is 7.67. The van der Waals surface area contributed by atoms with Crippen molar-refractivity contribution >= 4 is 25.3 Å². The Morgan fingerprint density at radius 1 is 1.36 bits per heavy atom. The first kappa shape index (κ1) is 20.4. The third kappa shape index (κ3) is 4.06. The highest BCUT2D eigenvalue weighted by molar-refractivity contribution is 6.25. The fraction of sp³-hybridized carbons (Fsp3) is 0.696. The summed E-state index contributed by atoms with van der Waals surface area (Å²) in [6.07, 6.45) is 13.7. The summed E-state index contributed by atoms with van der Waals surface area (Å²) in [6.45, 7) is 6.11. The summed E-state index contributed by atoms with van der Waals surface area (Å²) in [6, 6.07) is 0.696. The molecular formula is C23H34BClN2O. The van der Waals surface area contributed by atoms with Crippen LogP contribution >= 0.6 is 11.6 Å². The van der Waals surface area contributed by atoms with E-state index in [-0.39, 0.29) is 11.3 Å². The predicted octanol–water partition coefficient (Wildman–Crippen LogP) is 4.28. The number of hydrogen-bond acceptors (Lipinski definition) is 3. The van der Waals surface area contributed by atoms with Crippen molar-refractivity contribution < 1.29 is 4.74 Å². The molecule has 1 heterocycles. The number of hydrogen-bond donors (Lipinski definition) is 1. The zero-order valence-corrected chi connectivity index (χ0v) is 18.3. The maximum atomic E-state index is 9.14. The SMILES string of the molecule is BN1CC2CC1CC2OC/C(C(=N)C1C(C)=CC=CC1Cl)=C(\CCC)C1CC1. The maximum absolute atomic E-state index is 9.14. The summed E-state index contributed by atoms with van der Waals surface area (Å²) in [5.41, 5.74) is 4.55. The molecule has 28 heavy (non-hydrogen) atoms. The van der Waals surface area contributed by atoms with E-state index in [1.54, 1.807) is 0 Å². The van der Waals surface area contributed by atoms with E-state index < -0.39 is 0 Å². The van der Waals surface area contributed by atoms with E-state index in [0.29, 0.717) is 36.3 Å². The van der Waals surface area contributed by atoms with Gasteiger partial charge in [0.05, 0.1) is 18.1 Å². The van der Waals surface area contributed by atoms with Crippen molar-refractivity contribution in [3.63, 3.8) is 0 Å². The summed E-state index contributed by atoms with van der Waals surface area (Å²) < 4.78 is 6.53. The van der Waals surface area contributed by atoms with Crippen LogP contribution in [0.5, 0.6) is 0 Å². The second kappa shape index (κ2) is 8.49. The zero-order valence-electron chi connectivity index (χ0n) is 17.6. The van der Waals surface area contributed by atoms with Gasteiger partial charge in [-0.1, -0.05) is 42.7 Å². The predicted molar refractivity (Wildman–Crippen MR) is 120 cm³/mol. The first-order chi connectivity index (χ1) is 13.5. The molecule has 4 rings (SSSR count). The van der Waals surface area contributed by atoms with E-state index in [1.165, 1.54) is 36.0 Å². The Morgan fingerprint density at radius 2 is 2.14 bits per heavy atom. The van der Waals surface area contributed by atoms with Crippen LogP contribution in [0.2, 0.25) is 0 Å². The van der Waals surface area contributed by atoms with Crippen LogP contribution in [-0.2, 0) is 4.74 Å². The van der Waals surface area contributed by atoms with Gasteiger partial charge in [-0.25, -0.2) is 0 Å². The molecule has 152 valence electrons. The largest absolute Gasteiger partial charge is 0.373 e. The molecule has 0 amide bonds. The Hall–Kier alpha value is -0.835. The highest BCUT2D eigenvalue weighted by atomic mass is 35.5. The van der Waals surface area contributed by atoms with Crippen LogP contribution in [-0.4, -0.2) is 49.2 Å². The molecule has 0 radical (unpaired) electrons. The highest BCUT2D eigenvalue weighted by Gasteiger charge is 2.43. The lowest BCUT2D eigenvalue weighted by Crippen LogP contribution is -2.37. The fourth-order valence-corrected chi connectivity index (χ4v) is 5.93. The molecule has 1 saturated heterocycles. The molecule has 3 fully saturated rings. The third-order valence-electron chi connectivity index (χ3n) is 7.27. The first-order valence-electron chi connectivity index (χ1n) is 11.1. The van der Waals surface area contributed by atoms with Crippen LogP contribution in [0.15, 0.2) is 34.9 Å². The number of halogens is 1. The monoisotopic (exact) mass is 400 g/mol. The number of rotatable bonds is 8. The minimum absolute atomic E-state index is 0.0259. The van der Waals surface area contributed by atoms with E-state index in [4.69, 9.17) is 21.7 Å². The number of fused-ring (bicyclic) bond motifs is 2. The van der Waals surface area contributed by atoms with Gasteiger partial charge in [-0.2, -0.15) is 0 Å². The smallest absolute Gasteiger partial charge is 0.185 e. The molecule has 5 heteroatoms. The van der Waals surface area contributed by atoms with E-state index in [0.717, 1.165) is 25.8 Å².